The lowest BCUT2D eigenvalue weighted by atomic mass is 9.94. The summed E-state index contributed by atoms with van der Waals surface area (Å²) >= 11 is 0. The number of sulfonamides is 1. The lowest BCUT2D eigenvalue weighted by Gasteiger charge is -2.28. The highest BCUT2D eigenvalue weighted by molar-refractivity contribution is 7.89. The van der Waals surface area contributed by atoms with Crippen molar-refractivity contribution in [2.75, 3.05) is 19.8 Å². The third-order valence-electron chi connectivity index (χ3n) is 3.98. The number of hydrogen-bond acceptors (Lipinski definition) is 4. The zero-order valence-electron chi connectivity index (χ0n) is 12.4. The van der Waals surface area contributed by atoms with Gasteiger partial charge in [-0.1, -0.05) is 12.1 Å². The Bertz CT molecular complexity index is 537. The van der Waals surface area contributed by atoms with Crippen molar-refractivity contribution in [3.63, 3.8) is 0 Å². The SMILES string of the molecule is CC(NS(=O)(=O)c1ccc(CCN)cc1)C1CCOCC1. The van der Waals surface area contributed by atoms with Gasteiger partial charge in [0, 0.05) is 19.3 Å². The molecule has 1 atom stereocenters. The highest BCUT2D eigenvalue weighted by Gasteiger charge is 2.25. The van der Waals surface area contributed by atoms with Gasteiger partial charge in [0.25, 0.3) is 0 Å². The number of benzene rings is 1. The predicted molar refractivity (Wildman–Crippen MR) is 82.5 cm³/mol. The molecule has 2 rings (SSSR count). The van der Waals surface area contributed by atoms with Crippen LogP contribution >= 0.6 is 0 Å². The normalized spacial score (nSPS) is 18.6. The third-order valence-corrected chi connectivity index (χ3v) is 5.56. The largest absolute Gasteiger partial charge is 0.381 e. The summed E-state index contributed by atoms with van der Waals surface area (Å²) in [5.74, 6) is 0.338. The minimum absolute atomic E-state index is 0.0809. The smallest absolute Gasteiger partial charge is 0.240 e. The van der Waals surface area contributed by atoms with Crippen LogP contribution in [0.1, 0.15) is 25.3 Å². The van der Waals surface area contributed by atoms with Gasteiger partial charge < -0.3 is 10.5 Å². The van der Waals surface area contributed by atoms with E-state index in [1.54, 1.807) is 12.1 Å². The minimum atomic E-state index is -3.46. The Balaban J connectivity index is 2.03. The quantitative estimate of drug-likeness (QED) is 0.829. The molecule has 0 spiro atoms. The third kappa shape index (κ3) is 4.51. The van der Waals surface area contributed by atoms with Crippen molar-refractivity contribution in [1.29, 1.82) is 0 Å². The zero-order valence-corrected chi connectivity index (χ0v) is 13.2. The van der Waals surface area contributed by atoms with Gasteiger partial charge in [-0.15, -0.1) is 0 Å². The maximum atomic E-state index is 12.4. The van der Waals surface area contributed by atoms with E-state index in [1.165, 1.54) is 0 Å². The first-order valence-corrected chi connectivity index (χ1v) is 8.90. The van der Waals surface area contributed by atoms with Gasteiger partial charge in [-0.25, -0.2) is 13.1 Å². The first-order valence-electron chi connectivity index (χ1n) is 7.42. The molecule has 1 fully saturated rings. The van der Waals surface area contributed by atoms with Crippen molar-refractivity contribution in [1.82, 2.24) is 4.72 Å². The standard InChI is InChI=1S/C15H24N2O3S/c1-12(14-7-10-20-11-8-14)17-21(18,19)15-4-2-13(3-5-15)6-9-16/h2-5,12,14,17H,6-11,16H2,1H3. The first kappa shape index (κ1) is 16.4. The van der Waals surface area contributed by atoms with Crippen LogP contribution in [0.25, 0.3) is 0 Å². The van der Waals surface area contributed by atoms with Crippen LogP contribution < -0.4 is 10.5 Å². The van der Waals surface area contributed by atoms with Gasteiger partial charge in [-0.3, -0.25) is 0 Å². The molecule has 0 aliphatic carbocycles. The molecule has 1 aromatic rings. The molecule has 0 amide bonds. The highest BCUT2D eigenvalue weighted by atomic mass is 32.2. The van der Waals surface area contributed by atoms with Crippen LogP contribution in [-0.4, -0.2) is 34.2 Å². The number of ether oxygens (including phenoxy) is 1. The molecule has 0 bridgehead atoms. The number of rotatable bonds is 6. The molecule has 1 unspecified atom stereocenters. The van der Waals surface area contributed by atoms with E-state index in [0.717, 1.165) is 24.8 Å². The Morgan fingerprint density at radius 3 is 2.48 bits per heavy atom. The summed E-state index contributed by atoms with van der Waals surface area (Å²) in [7, 11) is -3.46. The van der Waals surface area contributed by atoms with Crippen molar-refractivity contribution in [2.45, 2.75) is 37.1 Å². The molecule has 1 aliphatic heterocycles. The Labute approximate surface area is 126 Å². The van der Waals surface area contributed by atoms with Gasteiger partial charge in [-0.2, -0.15) is 0 Å². The van der Waals surface area contributed by atoms with Crippen LogP contribution in [0.3, 0.4) is 0 Å². The highest BCUT2D eigenvalue weighted by Crippen LogP contribution is 2.20. The van der Waals surface area contributed by atoms with Gasteiger partial charge in [0.05, 0.1) is 4.90 Å². The summed E-state index contributed by atoms with van der Waals surface area (Å²) < 4.78 is 32.9. The molecule has 1 heterocycles. The van der Waals surface area contributed by atoms with Crippen molar-refractivity contribution >= 4 is 10.0 Å². The molecular weight excluding hydrogens is 288 g/mol. The Hall–Kier alpha value is -0.950. The molecule has 0 radical (unpaired) electrons. The maximum absolute atomic E-state index is 12.4. The average Bonchev–Trinajstić information content (AvgIpc) is 2.48. The summed E-state index contributed by atoms with van der Waals surface area (Å²) in [4.78, 5) is 0.308. The van der Waals surface area contributed by atoms with E-state index in [1.807, 2.05) is 19.1 Å². The van der Waals surface area contributed by atoms with Gasteiger partial charge in [0.1, 0.15) is 0 Å². The lowest BCUT2D eigenvalue weighted by Crippen LogP contribution is -2.40. The second-order valence-corrected chi connectivity index (χ2v) is 7.26. The maximum Gasteiger partial charge on any atom is 0.240 e. The number of hydrogen-bond donors (Lipinski definition) is 2. The second kappa shape index (κ2) is 7.35. The molecule has 0 saturated carbocycles. The molecule has 1 aromatic carbocycles. The van der Waals surface area contributed by atoms with E-state index >= 15 is 0 Å². The summed E-state index contributed by atoms with van der Waals surface area (Å²) in [5.41, 5.74) is 6.54. The van der Waals surface area contributed by atoms with Crippen molar-refractivity contribution in [3.8, 4) is 0 Å². The predicted octanol–water partition coefficient (Wildman–Crippen LogP) is 1.28. The molecule has 21 heavy (non-hydrogen) atoms. The first-order chi connectivity index (χ1) is 10.0. The van der Waals surface area contributed by atoms with Crippen molar-refractivity contribution in [2.24, 2.45) is 11.7 Å². The Morgan fingerprint density at radius 1 is 1.29 bits per heavy atom. The Kier molecular flexibility index (Phi) is 5.75. The van der Waals surface area contributed by atoms with Crippen LogP contribution in [0.2, 0.25) is 0 Å². The van der Waals surface area contributed by atoms with E-state index in [9.17, 15) is 8.42 Å². The van der Waals surface area contributed by atoms with Crippen LogP contribution in [-0.2, 0) is 21.2 Å². The molecule has 1 saturated heterocycles. The van der Waals surface area contributed by atoms with Crippen LogP contribution in [0.15, 0.2) is 29.2 Å². The minimum Gasteiger partial charge on any atom is -0.381 e. The summed E-state index contributed by atoms with van der Waals surface area (Å²) in [6.45, 7) is 3.91. The summed E-state index contributed by atoms with van der Waals surface area (Å²) in [5, 5.41) is 0. The van der Waals surface area contributed by atoms with E-state index in [0.29, 0.717) is 30.6 Å². The molecule has 118 valence electrons. The molecule has 5 nitrogen and oxygen atoms in total. The van der Waals surface area contributed by atoms with E-state index in [-0.39, 0.29) is 6.04 Å². The zero-order chi connectivity index (χ0) is 15.3. The van der Waals surface area contributed by atoms with Gasteiger partial charge in [0.15, 0.2) is 0 Å². The molecule has 3 N–H and O–H groups in total. The number of nitrogens with two attached hydrogens (primary N) is 1. The average molecular weight is 312 g/mol. The monoisotopic (exact) mass is 312 g/mol. The van der Waals surface area contributed by atoms with Gasteiger partial charge in [0.2, 0.25) is 10.0 Å². The van der Waals surface area contributed by atoms with E-state index in [2.05, 4.69) is 4.72 Å². The summed E-state index contributed by atoms with van der Waals surface area (Å²) in [6, 6.07) is 6.84. The second-order valence-electron chi connectivity index (χ2n) is 5.54. The fraction of sp³-hybridized carbons (Fsp3) is 0.600. The van der Waals surface area contributed by atoms with Crippen LogP contribution in [0.4, 0.5) is 0 Å². The fourth-order valence-electron chi connectivity index (χ4n) is 2.63. The fourth-order valence-corrected chi connectivity index (χ4v) is 3.94. The lowest BCUT2D eigenvalue weighted by molar-refractivity contribution is 0.0585. The van der Waals surface area contributed by atoms with Crippen molar-refractivity contribution < 1.29 is 13.2 Å². The Morgan fingerprint density at radius 2 is 1.90 bits per heavy atom. The van der Waals surface area contributed by atoms with Crippen LogP contribution in [0.5, 0.6) is 0 Å². The van der Waals surface area contributed by atoms with Crippen molar-refractivity contribution in [3.05, 3.63) is 29.8 Å². The van der Waals surface area contributed by atoms with Crippen LogP contribution in [0, 0.1) is 5.92 Å². The van der Waals surface area contributed by atoms with E-state index < -0.39 is 10.0 Å². The molecule has 6 heteroatoms. The topological polar surface area (TPSA) is 81.4 Å². The molecule has 1 aliphatic rings. The van der Waals surface area contributed by atoms with Gasteiger partial charge in [-0.05, 0) is 56.3 Å². The molecular formula is C15H24N2O3S. The summed E-state index contributed by atoms with van der Waals surface area (Å²) in [6.07, 6.45) is 2.56. The molecule has 0 aromatic heterocycles. The van der Waals surface area contributed by atoms with E-state index in [4.69, 9.17) is 10.5 Å². The van der Waals surface area contributed by atoms with Gasteiger partial charge >= 0.3 is 0 Å². The number of nitrogens with one attached hydrogen (secondary N) is 1.